The predicted octanol–water partition coefficient (Wildman–Crippen LogP) is 3.82. The summed E-state index contributed by atoms with van der Waals surface area (Å²) in [6.45, 7) is 2.08. The van der Waals surface area contributed by atoms with E-state index in [4.69, 9.17) is 5.14 Å². The van der Waals surface area contributed by atoms with Gasteiger partial charge in [0.2, 0.25) is 10.0 Å². The van der Waals surface area contributed by atoms with Crippen molar-refractivity contribution in [1.82, 2.24) is 14.7 Å². The van der Waals surface area contributed by atoms with Crippen molar-refractivity contribution in [2.24, 2.45) is 5.14 Å². The minimum absolute atomic E-state index is 0. The van der Waals surface area contributed by atoms with E-state index < -0.39 is 21.8 Å². The zero-order chi connectivity index (χ0) is 23.1. The number of primary sulfonamides is 1. The molecule has 2 aromatic carbocycles. The Morgan fingerprint density at radius 1 is 1.15 bits per heavy atom. The highest BCUT2D eigenvalue weighted by Crippen LogP contribution is 2.28. The van der Waals surface area contributed by atoms with Gasteiger partial charge in [0.05, 0.1) is 17.1 Å². The standard InChI is InChI=1S/C22H23F3N4O2S.ClH/c1-15-3-2-4-16(9-15)10-18-11-17(13-28-8-7-22(24,25)14-28)27-29(18)21-6-5-19(12-20(21)23)32(26,30)31;/h2-6,9,11-12H,7-8,10,13-14H2,1H3,(H2,26,30,31);1H. The minimum Gasteiger partial charge on any atom is -0.291 e. The van der Waals surface area contributed by atoms with Crippen LogP contribution in [0.4, 0.5) is 13.2 Å². The molecule has 1 aliphatic heterocycles. The number of likely N-dealkylation sites (tertiary alicyclic amines) is 1. The van der Waals surface area contributed by atoms with Crippen LogP contribution in [0.25, 0.3) is 5.69 Å². The summed E-state index contributed by atoms with van der Waals surface area (Å²) in [6.07, 6.45) is 0.231. The van der Waals surface area contributed by atoms with Crippen LogP contribution in [0.1, 0.15) is 28.9 Å². The van der Waals surface area contributed by atoms with E-state index in [1.165, 1.54) is 16.8 Å². The number of benzene rings is 2. The highest BCUT2D eigenvalue weighted by Gasteiger charge is 2.38. The number of alkyl halides is 2. The Morgan fingerprint density at radius 3 is 2.52 bits per heavy atom. The van der Waals surface area contributed by atoms with Gasteiger partial charge in [0, 0.05) is 31.6 Å². The van der Waals surface area contributed by atoms with Gasteiger partial charge < -0.3 is 0 Å². The first kappa shape index (κ1) is 25.2. The van der Waals surface area contributed by atoms with Crippen LogP contribution >= 0.6 is 12.4 Å². The van der Waals surface area contributed by atoms with E-state index in [-0.39, 0.29) is 49.0 Å². The summed E-state index contributed by atoms with van der Waals surface area (Å²) < 4.78 is 66.5. The van der Waals surface area contributed by atoms with Crippen LogP contribution in [0.15, 0.2) is 53.4 Å². The Bertz CT molecular complexity index is 1260. The van der Waals surface area contributed by atoms with Crippen molar-refractivity contribution in [2.75, 3.05) is 13.1 Å². The minimum atomic E-state index is -4.06. The van der Waals surface area contributed by atoms with Crippen molar-refractivity contribution in [3.8, 4) is 5.69 Å². The molecule has 11 heteroatoms. The van der Waals surface area contributed by atoms with E-state index in [1.54, 1.807) is 11.0 Å². The monoisotopic (exact) mass is 500 g/mol. The van der Waals surface area contributed by atoms with Crippen LogP contribution < -0.4 is 5.14 Å². The van der Waals surface area contributed by atoms with Gasteiger partial charge in [-0.3, -0.25) is 4.90 Å². The van der Waals surface area contributed by atoms with Gasteiger partial charge in [-0.05, 0) is 36.8 Å². The number of rotatable bonds is 6. The van der Waals surface area contributed by atoms with Gasteiger partial charge in [-0.15, -0.1) is 12.4 Å². The van der Waals surface area contributed by atoms with Crippen molar-refractivity contribution >= 4 is 22.4 Å². The molecule has 178 valence electrons. The Kier molecular flexibility index (Phi) is 7.23. The lowest BCUT2D eigenvalue weighted by atomic mass is 10.1. The molecule has 0 bridgehead atoms. The fraction of sp³-hybridized carbons (Fsp3) is 0.318. The fourth-order valence-electron chi connectivity index (χ4n) is 3.93. The van der Waals surface area contributed by atoms with E-state index in [0.717, 1.165) is 17.2 Å². The first-order valence-electron chi connectivity index (χ1n) is 10.1. The Balaban J connectivity index is 0.00000306. The number of sulfonamides is 1. The first-order chi connectivity index (χ1) is 15.0. The SMILES string of the molecule is Cc1cccc(Cc2cc(CN3CCC(F)(F)C3)nn2-c2ccc(S(N)(=O)=O)cc2F)c1.Cl. The van der Waals surface area contributed by atoms with E-state index >= 15 is 0 Å². The molecule has 2 heterocycles. The van der Waals surface area contributed by atoms with Crippen LogP contribution in [0.3, 0.4) is 0 Å². The first-order valence-corrected chi connectivity index (χ1v) is 11.6. The summed E-state index contributed by atoms with van der Waals surface area (Å²) in [4.78, 5) is 1.27. The molecule has 0 unspecified atom stereocenters. The molecule has 0 amide bonds. The van der Waals surface area contributed by atoms with Crippen LogP contribution in [0.2, 0.25) is 0 Å². The number of aromatic nitrogens is 2. The second kappa shape index (κ2) is 9.46. The fourth-order valence-corrected chi connectivity index (χ4v) is 4.45. The van der Waals surface area contributed by atoms with Crippen LogP contribution in [0, 0.1) is 12.7 Å². The lowest BCUT2D eigenvalue weighted by molar-refractivity contribution is 0.0114. The number of hydrogen-bond donors (Lipinski definition) is 1. The largest absolute Gasteiger partial charge is 0.291 e. The van der Waals surface area contributed by atoms with Crippen molar-refractivity contribution in [3.05, 3.63) is 76.9 Å². The van der Waals surface area contributed by atoms with Crippen LogP contribution in [-0.2, 0) is 23.0 Å². The van der Waals surface area contributed by atoms with Crippen LogP contribution in [-0.4, -0.2) is 42.1 Å². The number of aryl methyl sites for hydroxylation is 1. The summed E-state index contributed by atoms with van der Waals surface area (Å²) in [5.41, 5.74) is 3.28. The molecule has 1 aliphatic rings. The predicted molar refractivity (Wildman–Crippen MR) is 121 cm³/mol. The molecule has 0 saturated carbocycles. The zero-order valence-corrected chi connectivity index (χ0v) is 19.5. The molecule has 3 aromatic rings. The molecule has 0 spiro atoms. The van der Waals surface area contributed by atoms with Gasteiger partial charge in [0.15, 0.2) is 0 Å². The zero-order valence-electron chi connectivity index (χ0n) is 17.8. The van der Waals surface area contributed by atoms with Gasteiger partial charge in [-0.2, -0.15) is 5.10 Å². The number of nitrogens with two attached hydrogens (primary N) is 1. The molecule has 0 radical (unpaired) electrons. The Labute approximate surface area is 196 Å². The average molecular weight is 501 g/mol. The molecule has 2 N–H and O–H groups in total. The molecular weight excluding hydrogens is 477 g/mol. The summed E-state index contributed by atoms with van der Waals surface area (Å²) in [7, 11) is -4.06. The van der Waals surface area contributed by atoms with E-state index in [0.29, 0.717) is 17.8 Å². The highest BCUT2D eigenvalue weighted by molar-refractivity contribution is 7.89. The third kappa shape index (κ3) is 5.94. The molecule has 0 aliphatic carbocycles. The molecule has 4 rings (SSSR count). The summed E-state index contributed by atoms with van der Waals surface area (Å²) in [6, 6.07) is 13.0. The number of nitrogens with zero attached hydrogens (tertiary/aromatic N) is 3. The van der Waals surface area contributed by atoms with Crippen molar-refractivity contribution in [2.45, 2.75) is 37.1 Å². The van der Waals surface area contributed by atoms with Crippen molar-refractivity contribution in [3.63, 3.8) is 0 Å². The highest BCUT2D eigenvalue weighted by atomic mass is 35.5. The average Bonchev–Trinajstić information content (AvgIpc) is 3.23. The maximum atomic E-state index is 14.9. The van der Waals surface area contributed by atoms with E-state index in [1.807, 2.05) is 31.2 Å². The molecule has 1 fully saturated rings. The molecule has 6 nitrogen and oxygen atoms in total. The Hall–Kier alpha value is -2.40. The van der Waals surface area contributed by atoms with Crippen molar-refractivity contribution in [1.29, 1.82) is 0 Å². The van der Waals surface area contributed by atoms with Gasteiger partial charge in [-0.25, -0.2) is 31.4 Å². The van der Waals surface area contributed by atoms with Crippen LogP contribution in [0.5, 0.6) is 0 Å². The third-order valence-corrected chi connectivity index (χ3v) is 6.32. The third-order valence-electron chi connectivity index (χ3n) is 5.41. The molecule has 1 saturated heterocycles. The molecule has 33 heavy (non-hydrogen) atoms. The normalized spacial score (nSPS) is 16.0. The van der Waals surface area contributed by atoms with Gasteiger partial charge in [0.25, 0.3) is 5.92 Å². The quantitative estimate of drug-likeness (QED) is 0.558. The summed E-state index contributed by atoms with van der Waals surface area (Å²) in [5.74, 6) is -3.52. The van der Waals surface area contributed by atoms with Gasteiger partial charge >= 0.3 is 0 Å². The second-order valence-corrected chi connectivity index (χ2v) is 9.74. The second-order valence-electron chi connectivity index (χ2n) is 8.18. The maximum absolute atomic E-state index is 14.9. The lowest BCUT2D eigenvalue weighted by Crippen LogP contribution is -2.25. The van der Waals surface area contributed by atoms with Gasteiger partial charge in [-0.1, -0.05) is 29.8 Å². The van der Waals surface area contributed by atoms with Gasteiger partial charge in [0.1, 0.15) is 11.5 Å². The van der Waals surface area contributed by atoms with E-state index in [9.17, 15) is 21.6 Å². The summed E-state index contributed by atoms with van der Waals surface area (Å²) >= 11 is 0. The molecule has 1 aromatic heterocycles. The van der Waals surface area contributed by atoms with Crippen molar-refractivity contribution < 1.29 is 21.6 Å². The number of hydrogen-bond acceptors (Lipinski definition) is 4. The van der Waals surface area contributed by atoms with E-state index in [2.05, 4.69) is 5.10 Å². The summed E-state index contributed by atoms with van der Waals surface area (Å²) in [5, 5.41) is 9.57. The smallest absolute Gasteiger partial charge is 0.261 e. The molecule has 0 atom stereocenters. The maximum Gasteiger partial charge on any atom is 0.261 e. The Morgan fingerprint density at radius 2 is 1.91 bits per heavy atom. The lowest BCUT2D eigenvalue weighted by Gasteiger charge is -2.13. The molecular formula is C22H24ClF3N4O2S. The topological polar surface area (TPSA) is 81.2 Å². The number of halogens is 4.